The van der Waals surface area contributed by atoms with E-state index in [1.165, 1.54) is 51.4 Å². The Morgan fingerprint density at radius 3 is 1.95 bits per heavy atom. The molecule has 0 amide bonds. The maximum Gasteiger partial charge on any atom is 0.306 e. The Morgan fingerprint density at radius 2 is 1.40 bits per heavy atom. The van der Waals surface area contributed by atoms with Crippen molar-refractivity contribution in [2.45, 2.75) is 89.1 Å². The Bertz CT molecular complexity index is 331. The zero-order chi connectivity index (χ0) is 14.0. The van der Waals surface area contributed by atoms with Gasteiger partial charge in [0.1, 0.15) is 0 Å². The van der Waals surface area contributed by atoms with Crippen LogP contribution in [-0.4, -0.2) is 23.2 Å². The number of hydrogen-bond acceptors (Lipinski definition) is 2. The van der Waals surface area contributed by atoms with Gasteiger partial charge in [-0.05, 0) is 69.6 Å². The number of nitrogens with one attached hydrogen (secondary N) is 1. The second kappa shape index (κ2) is 6.05. The molecule has 3 saturated carbocycles. The van der Waals surface area contributed by atoms with E-state index in [-0.39, 0.29) is 5.92 Å². The molecule has 3 aliphatic rings. The van der Waals surface area contributed by atoms with Crippen LogP contribution < -0.4 is 5.32 Å². The second-order valence-corrected chi connectivity index (χ2v) is 7.53. The van der Waals surface area contributed by atoms with Crippen LogP contribution in [0.4, 0.5) is 0 Å². The molecule has 0 radical (unpaired) electrons. The molecule has 0 heterocycles. The number of carboxylic acid groups (broad SMARTS) is 1. The standard InChI is InChI=1S/C17H29NO2/c19-16(20)13-3-5-14(6-4-13)18-15-7-11-17(12-8-15)9-1-2-10-17/h13-15,18H,1-12H2,(H,19,20). The van der Waals surface area contributed by atoms with Gasteiger partial charge in [-0.2, -0.15) is 0 Å². The van der Waals surface area contributed by atoms with Crippen LogP contribution in [0.5, 0.6) is 0 Å². The Balaban J connectivity index is 1.41. The van der Waals surface area contributed by atoms with E-state index in [1.54, 1.807) is 0 Å². The third-order valence-electron chi connectivity index (χ3n) is 6.26. The smallest absolute Gasteiger partial charge is 0.306 e. The molecule has 3 fully saturated rings. The molecular formula is C17H29NO2. The molecule has 0 atom stereocenters. The van der Waals surface area contributed by atoms with Gasteiger partial charge in [0.2, 0.25) is 0 Å². The summed E-state index contributed by atoms with van der Waals surface area (Å²) in [5.74, 6) is -0.676. The normalized spacial score (nSPS) is 34.4. The molecule has 3 nitrogen and oxygen atoms in total. The van der Waals surface area contributed by atoms with Crippen molar-refractivity contribution in [3.8, 4) is 0 Å². The van der Waals surface area contributed by atoms with Crippen molar-refractivity contribution in [3.05, 3.63) is 0 Å². The quantitative estimate of drug-likeness (QED) is 0.827. The predicted octanol–water partition coefficient (Wildman–Crippen LogP) is 3.72. The fourth-order valence-corrected chi connectivity index (χ4v) is 4.86. The van der Waals surface area contributed by atoms with Gasteiger partial charge in [0.15, 0.2) is 0 Å². The first-order valence-electron chi connectivity index (χ1n) is 8.66. The number of aliphatic carboxylic acids is 1. The number of carboxylic acids is 1. The van der Waals surface area contributed by atoms with Crippen molar-refractivity contribution in [1.82, 2.24) is 5.32 Å². The first-order valence-corrected chi connectivity index (χ1v) is 8.66. The van der Waals surface area contributed by atoms with E-state index in [2.05, 4.69) is 5.32 Å². The fraction of sp³-hybridized carbons (Fsp3) is 0.941. The van der Waals surface area contributed by atoms with Crippen molar-refractivity contribution < 1.29 is 9.90 Å². The molecule has 3 heteroatoms. The highest BCUT2D eigenvalue weighted by molar-refractivity contribution is 5.70. The molecule has 20 heavy (non-hydrogen) atoms. The van der Waals surface area contributed by atoms with Crippen molar-refractivity contribution in [1.29, 1.82) is 0 Å². The predicted molar refractivity (Wildman–Crippen MR) is 79.7 cm³/mol. The van der Waals surface area contributed by atoms with Crippen LogP contribution in [0.2, 0.25) is 0 Å². The minimum absolute atomic E-state index is 0.0823. The van der Waals surface area contributed by atoms with Crippen LogP contribution in [0.15, 0.2) is 0 Å². The zero-order valence-electron chi connectivity index (χ0n) is 12.6. The first kappa shape index (κ1) is 14.4. The van der Waals surface area contributed by atoms with Crippen molar-refractivity contribution in [2.75, 3.05) is 0 Å². The average molecular weight is 279 g/mol. The summed E-state index contributed by atoms with van der Waals surface area (Å²) in [6, 6.07) is 1.28. The van der Waals surface area contributed by atoms with E-state index < -0.39 is 5.97 Å². The van der Waals surface area contributed by atoms with Crippen LogP contribution in [0, 0.1) is 11.3 Å². The van der Waals surface area contributed by atoms with Crippen LogP contribution in [0.3, 0.4) is 0 Å². The van der Waals surface area contributed by atoms with Gasteiger partial charge in [-0.25, -0.2) is 0 Å². The molecule has 3 rings (SSSR count). The summed E-state index contributed by atoms with van der Waals surface area (Å²) >= 11 is 0. The maximum atomic E-state index is 11.0. The monoisotopic (exact) mass is 279 g/mol. The first-order chi connectivity index (χ1) is 9.67. The lowest BCUT2D eigenvalue weighted by atomic mass is 9.71. The van der Waals surface area contributed by atoms with Gasteiger partial charge in [-0.3, -0.25) is 4.79 Å². The maximum absolute atomic E-state index is 11.0. The molecule has 0 bridgehead atoms. The Morgan fingerprint density at radius 1 is 0.850 bits per heavy atom. The molecule has 0 unspecified atom stereocenters. The van der Waals surface area contributed by atoms with Crippen LogP contribution in [-0.2, 0) is 4.79 Å². The van der Waals surface area contributed by atoms with E-state index in [9.17, 15) is 4.79 Å². The van der Waals surface area contributed by atoms with Gasteiger partial charge in [-0.1, -0.05) is 12.8 Å². The summed E-state index contributed by atoms with van der Waals surface area (Å²) in [4.78, 5) is 11.0. The van der Waals surface area contributed by atoms with E-state index in [4.69, 9.17) is 5.11 Å². The van der Waals surface area contributed by atoms with Crippen molar-refractivity contribution >= 4 is 5.97 Å². The zero-order valence-corrected chi connectivity index (χ0v) is 12.6. The van der Waals surface area contributed by atoms with Gasteiger partial charge in [0.05, 0.1) is 5.92 Å². The highest BCUT2D eigenvalue weighted by atomic mass is 16.4. The Kier molecular flexibility index (Phi) is 4.34. The molecule has 0 aromatic rings. The minimum atomic E-state index is -0.593. The molecule has 0 aromatic carbocycles. The van der Waals surface area contributed by atoms with Gasteiger partial charge >= 0.3 is 5.97 Å². The second-order valence-electron chi connectivity index (χ2n) is 7.53. The highest BCUT2D eigenvalue weighted by Gasteiger charge is 2.38. The Labute approximate surface area is 122 Å². The van der Waals surface area contributed by atoms with Crippen LogP contribution >= 0.6 is 0 Å². The molecular weight excluding hydrogens is 250 g/mol. The van der Waals surface area contributed by atoms with Gasteiger partial charge in [0, 0.05) is 12.1 Å². The summed E-state index contributed by atoms with van der Waals surface area (Å²) in [6.07, 6.45) is 15.2. The summed E-state index contributed by atoms with van der Waals surface area (Å²) in [7, 11) is 0. The molecule has 114 valence electrons. The number of carbonyl (C=O) groups is 1. The topological polar surface area (TPSA) is 49.3 Å². The lowest BCUT2D eigenvalue weighted by Crippen LogP contribution is -2.44. The van der Waals surface area contributed by atoms with Crippen molar-refractivity contribution in [2.24, 2.45) is 11.3 Å². The fourth-order valence-electron chi connectivity index (χ4n) is 4.86. The summed E-state index contributed by atoms with van der Waals surface area (Å²) in [5, 5.41) is 12.9. The summed E-state index contributed by atoms with van der Waals surface area (Å²) in [5.41, 5.74) is 0.721. The van der Waals surface area contributed by atoms with E-state index >= 15 is 0 Å². The molecule has 0 saturated heterocycles. The van der Waals surface area contributed by atoms with E-state index in [1.807, 2.05) is 0 Å². The van der Waals surface area contributed by atoms with Gasteiger partial charge in [-0.15, -0.1) is 0 Å². The van der Waals surface area contributed by atoms with E-state index in [0.29, 0.717) is 12.1 Å². The average Bonchev–Trinajstić information content (AvgIpc) is 2.91. The summed E-state index contributed by atoms with van der Waals surface area (Å²) < 4.78 is 0. The van der Waals surface area contributed by atoms with E-state index in [0.717, 1.165) is 31.1 Å². The lowest BCUT2D eigenvalue weighted by Gasteiger charge is -2.39. The molecule has 0 aliphatic heterocycles. The SMILES string of the molecule is O=C(O)C1CCC(NC2CCC3(CCCC3)CC2)CC1. The third-order valence-corrected chi connectivity index (χ3v) is 6.26. The number of rotatable bonds is 3. The lowest BCUT2D eigenvalue weighted by molar-refractivity contribution is -0.142. The number of hydrogen-bond donors (Lipinski definition) is 2. The molecule has 0 aromatic heterocycles. The minimum Gasteiger partial charge on any atom is -0.481 e. The molecule has 2 N–H and O–H groups in total. The van der Waals surface area contributed by atoms with Crippen LogP contribution in [0.1, 0.15) is 77.0 Å². The van der Waals surface area contributed by atoms with Gasteiger partial charge < -0.3 is 10.4 Å². The van der Waals surface area contributed by atoms with Crippen LogP contribution in [0.25, 0.3) is 0 Å². The molecule has 1 spiro atoms. The summed E-state index contributed by atoms with van der Waals surface area (Å²) in [6.45, 7) is 0. The van der Waals surface area contributed by atoms with Gasteiger partial charge in [0.25, 0.3) is 0 Å². The molecule has 3 aliphatic carbocycles. The third kappa shape index (κ3) is 3.19. The largest absolute Gasteiger partial charge is 0.481 e. The highest BCUT2D eigenvalue weighted by Crippen LogP contribution is 2.49. The van der Waals surface area contributed by atoms with Crippen molar-refractivity contribution in [3.63, 3.8) is 0 Å². The Hall–Kier alpha value is -0.570.